The van der Waals surface area contributed by atoms with E-state index in [0.717, 1.165) is 10.8 Å². The zero-order valence-electron chi connectivity index (χ0n) is 11.7. The normalized spacial score (nSPS) is 14.6. The minimum absolute atomic E-state index is 0.0126. The number of rotatable bonds is 4. The van der Waals surface area contributed by atoms with Crippen LogP contribution in [-0.2, 0) is 4.79 Å². The molecule has 1 aromatic carbocycles. The third-order valence-electron chi connectivity index (χ3n) is 3.31. The number of pyridine rings is 1. The van der Waals surface area contributed by atoms with E-state index in [4.69, 9.17) is 9.47 Å². The summed E-state index contributed by atoms with van der Waals surface area (Å²) in [7, 11) is 0. The van der Waals surface area contributed by atoms with E-state index in [-0.39, 0.29) is 12.7 Å². The summed E-state index contributed by atoms with van der Waals surface area (Å²) < 4.78 is 10.7. The average molecular weight is 305 g/mol. The third kappa shape index (κ3) is 2.63. The SMILES string of the molecule is CC(C)C(Sc1nccc2cc3c(cc12)OCO3)C(=O)O. The van der Waals surface area contributed by atoms with Gasteiger partial charge >= 0.3 is 5.97 Å². The van der Waals surface area contributed by atoms with Gasteiger partial charge in [-0.05, 0) is 29.5 Å². The number of carboxylic acids is 1. The second kappa shape index (κ2) is 5.44. The predicted molar refractivity (Wildman–Crippen MR) is 80.0 cm³/mol. The summed E-state index contributed by atoms with van der Waals surface area (Å²) in [5.74, 6) is 0.574. The van der Waals surface area contributed by atoms with Crippen molar-refractivity contribution >= 4 is 28.5 Å². The zero-order valence-corrected chi connectivity index (χ0v) is 12.5. The van der Waals surface area contributed by atoms with Crippen molar-refractivity contribution in [3.8, 4) is 11.5 Å². The molecule has 0 bridgehead atoms. The molecule has 0 amide bonds. The Morgan fingerprint density at radius 2 is 2.05 bits per heavy atom. The smallest absolute Gasteiger partial charge is 0.317 e. The van der Waals surface area contributed by atoms with Crippen LogP contribution in [0.5, 0.6) is 11.5 Å². The molecule has 0 saturated carbocycles. The van der Waals surface area contributed by atoms with E-state index in [0.29, 0.717) is 16.5 Å². The zero-order chi connectivity index (χ0) is 15.0. The summed E-state index contributed by atoms with van der Waals surface area (Å²) in [4.78, 5) is 15.7. The van der Waals surface area contributed by atoms with Crippen molar-refractivity contribution in [2.75, 3.05) is 6.79 Å². The molecule has 110 valence electrons. The fraction of sp³-hybridized carbons (Fsp3) is 0.333. The molecule has 1 aliphatic heterocycles. The number of ether oxygens (including phenoxy) is 2. The predicted octanol–water partition coefficient (Wildman–Crippen LogP) is 3.16. The number of carboxylic acid groups (broad SMARTS) is 1. The quantitative estimate of drug-likeness (QED) is 0.875. The van der Waals surface area contributed by atoms with Gasteiger partial charge in [0.1, 0.15) is 10.3 Å². The number of nitrogens with zero attached hydrogens (tertiary/aromatic N) is 1. The van der Waals surface area contributed by atoms with Gasteiger partial charge in [-0.15, -0.1) is 0 Å². The molecule has 5 nitrogen and oxygen atoms in total. The topological polar surface area (TPSA) is 68.7 Å². The van der Waals surface area contributed by atoms with E-state index >= 15 is 0 Å². The van der Waals surface area contributed by atoms with Crippen LogP contribution in [0.15, 0.2) is 29.4 Å². The van der Waals surface area contributed by atoms with Gasteiger partial charge < -0.3 is 14.6 Å². The van der Waals surface area contributed by atoms with Gasteiger partial charge in [-0.25, -0.2) is 4.98 Å². The molecule has 2 heterocycles. The summed E-state index contributed by atoms with van der Waals surface area (Å²) in [6.07, 6.45) is 1.69. The third-order valence-corrected chi connectivity index (χ3v) is 4.86. The number of benzene rings is 1. The van der Waals surface area contributed by atoms with E-state index in [1.165, 1.54) is 11.8 Å². The van der Waals surface area contributed by atoms with Gasteiger partial charge in [0.25, 0.3) is 0 Å². The fourth-order valence-electron chi connectivity index (χ4n) is 2.22. The van der Waals surface area contributed by atoms with Crippen LogP contribution in [0.3, 0.4) is 0 Å². The second-order valence-electron chi connectivity index (χ2n) is 5.16. The summed E-state index contributed by atoms with van der Waals surface area (Å²) in [5.41, 5.74) is 0. The molecule has 6 heteroatoms. The lowest BCUT2D eigenvalue weighted by Gasteiger charge is -2.16. The van der Waals surface area contributed by atoms with Crippen molar-refractivity contribution in [3.63, 3.8) is 0 Å². The molecule has 1 unspecified atom stereocenters. The minimum atomic E-state index is -0.824. The summed E-state index contributed by atoms with van der Waals surface area (Å²) in [5, 5.41) is 11.4. The summed E-state index contributed by atoms with van der Waals surface area (Å²) >= 11 is 1.27. The molecule has 0 saturated heterocycles. The largest absolute Gasteiger partial charge is 0.480 e. The molecule has 21 heavy (non-hydrogen) atoms. The first-order chi connectivity index (χ1) is 10.1. The molecule has 3 rings (SSSR count). The van der Waals surface area contributed by atoms with Crippen LogP contribution in [-0.4, -0.2) is 28.1 Å². The van der Waals surface area contributed by atoms with Crippen molar-refractivity contribution in [1.82, 2.24) is 4.98 Å². The van der Waals surface area contributed by atoms with Crippen molar-refractivity contribution < 1.29 is 19.4 Å². The number of aromatic nitrogens is 1. The van der Waals surface area contributed by atoms with Gasteiger partial charge in [0.2, 0.25) is 6.79 Å². The Morgan fingerprint density at radius 1 is 1.33 bits per heavy atom. The van der Waals surface area contributed by atoms with Crippen molar-refractivity contribution in [3.05, 3.63) is 24.4 Å². The first-order valence-corrected chi connectivity index (χ1v) is 7.52. The van der Waals surface area contributed by atoms with Crippen LogP contribution >= 0.6 is 11.8 Å². The maximum Gasteiger partial charge on any atom is 0.317 e. The van der Waals surface area contributed by atoms with Gasteiger partial charge in [0, 0.05) is 11.6 Å². The van der Waals surface area contributed by atoms with Gasteiger partial charge in [-0.2, -0.15) is 0 Å². The van der Waals surface area contributed by atoms with E-state index in [1.807, 2.05) is 32.0 Å². The summed E-state index contributed by atoms with van der Waals surface area (Å²) in [6, 6.07) is 5.65. The highest BCUT2D eigenvalue weighted by molar-refractivity contribution is 8.00. The van der Waals surface area contributed by atoms with Crippen LogP contribution in [0, 0.1) is 5.92 Å². The number of thioether (sulfide) groups is 1. The average Bonchev–Trinajstić information content (AvgIpc) is 2.88. The number of hydrogen-bond acceptors (Lipinski definition) is 5. The van der Waals surface area contributed by atoms with Crippen LogP contribution in [0.2, 0.25) is 0 Å². The standard InChI is InChI=1S/C15H15NO4S/c1-8(2)13(15(17)18)21-14-10-6-12-11(19-7-20-12)5-9(10)3-4-16-14/h3-6,8,13H,7H2,1-2H3,(H,17,18). The van der Waals surface area contributed by atoms with Gasteiger partial charge in [0.15, 0.2) is 11.5 Å². The second-order valence-corrected chi connectivity index (χ2v) is 6.29. The Morgan fingerprint density at radius 3 is 2.71 bits per heavy atom. The van der Waals surface area contributed by atoms with Gasteiger partial charge in [0.05, 0.1) is 0 Å². The Kier molecular flexibility index (Phi) is 3.63. The van der Waals surface area contributed by atoms with E-state index < -0.39 is 11.2 Å². The maximum absolute atomic E-state index is 11.4. The molecule has 0 aliphatic carbocycles. The Balaban J connectivity index is 2.04. The van der Waals surface area contributed by atoms with Crippen molar-refractivity contribution in [1.29, 1.82) is 0 Å². The minimum Gasteiger partial charge on any atom is -0.480 e. The first-order valence-electron chi connectivity index (χ1n) is 6.64. The maximum atomic E-state index is 11.4. The molecule has 1 aromatic heterocycles. The molecule has 0 fully saturated rings. The van der Waals surface area contributed by atoms with Gasteiger partial charge in [-0.3, -0.25) is 4.79 Å². The van der Waals surface area contributed by atoms with Crippen LogP contribution < -0.4 is 9.47 Å². The van der Waals surface area contributed by atoms with E-state index in [9.17, 15) is 9.90 Å². The molecule has 1 atom stereocenters. The number of hydrogen-bond donors (Lipinski definition) is 1. The highest BCUT2D eigenvalue weighted by atomic mass is 32.2. The number of carbonyl (C=O) groups is 1. The van der Waals surface area contributed by atoms with Crippen LogP contribution in [0.25, 0.3) is 10.8 Å². The molecule has 1 N–H and O–H groups in total. The van der Waals surface area contributed by atoms with Crippen LogP contribution in [0.4, 0.5) is 0 Å². The fourth-order valence-corrected chi connectivity index (χ4v) is 3.26. The Hall–Kier alpha value is -1.95. The lowest BCUT2D eigenvalue weighted by Crippen LogP contribution is -2.22. The first kappa shape index (κ1) is 14.0. The lowest BCUT2D eigenvalue weighted by atomic mass is 10.1. The molecular weight excluding hydrogens is 290 g/mol. The molecule has 0 spiro atoms. The number of fused-ring (bicyclic) bond motifs is 2. The Bertz CT molecular complexity index is 701. The highest BCUT2D eigenvalue weighted by Crippen LogP contribution is 2.40. The Labute approximate surface area is 126 Å². The monoisotopic (exact) mass is 305 g/mol. The molecule has 2 aromatic rings. The number of aliphatic carboxylic acids is 1. The molecule has 1 aliphatic rings. The van der Waals surface area contributed by atoms with Crippen LogP contribution in [0.1, 0.15) is 13.8 Å². The lowest BCUT2D eigenvalue weighted by molar-refractivity contribution is -0.137. The summed E-state index contributed by atoms with van der Waals surface area (Å²) in [6.45, 7) is 4.00. The highest BCUT2D eigenvalue weighted by Gasteiger charge is 2.25. The molecule has 0 radical (unpaired) electrons. The van der Waals surface area contributed by atoms with Crippen molar-refractivity contribution in [2.45, 2.75) is 24.1 Å². The van der Waals surface area contributed by atoms with Crippen molar-refractivity contribution in [2.24, 2.45) is 5.92 Å². The van der Waals surface area contributed by atoms with E-state index in [1.54, 1.807) is 6.20 Å². The molecular formula is C15H15NO4S. The van der Waals surface area contributed by atoms with Gasteiger partial charge in [-0.1, -0.05) is 25.6 Å². The van der Waals surface area contributed by atoms with E-state index in [2.05, 4.69) is 4.98 Å².